The summed E-state index contributed by atoms with van der Waals surface area (Å²) in [5.74, 6) is -0.508. The number of fused-ring (bicyclic) bond motifs is 1. The molecule has 0 fully saturated rings. The number of halogens is 2. The molecule has 1 aromatic heterocycles. The predicted octanol–water partition coefficient (Wildman–Crippen LogP) is 6.48. The fourth-order valence-corrected chi connectivity index (χ4v) is 4.44. The number of rotatable bonds is 10. The van der Waals surface area contributed by atoms with Gasteiger partial charge in [0, 0.05) is 47.4 Å². The zero-order valence-corrected chi connectivity index (χ0v) is 21.5. The van der Waals surface area contributed by atoms with Crippen LogP contribution in [0.15, 0.2) is 79.0 Å². The average molecular weight is 521 g/mol. The first-order chi connectivity index (χ1) is 17.9. The number of hydrogen-bond donors (Lipinski definition) is 2. The van der Waals surface area contributed by atoms with Crippen molar-refractivity contribution in [1.29, 1.82) is 0 Å². The quantitative estimate of drug-likeness (QED) is 0.251. The lowest BCUT2D eigenvalue weighted by atomic mass is 10.1. The molecule has 0 aliphatic carbocycles. The van der Waals surface area contributed by atoms with Crippen LogP contribution in [0.1, 0.15) is 24.5 Å². The lowest BCUT2D eigenvalue weighted by Crippen LogP contribution is -2.45. The minimum atomic E-state index is -0.365. The van der Waals surface area contributed by atoms with Crippen LogP contribution in [-0.4, -0.2) is 46.4 Å². The Bertz CT molecular complexity index is 1360. The zero-order valence-electron chi connectivity index (χ0n) is 20.7. The number of benzene rings is 3. The Balaban J connectivity index is 1.49. The van der Waals surface area contributed by atoms with E-state index in [0.717, 1.165) is 22.0 Å². The number of nitrogens with zero attached hydrogens (tertiary/aromatic N) is 2. The van der Waals surface area contributed by atoms with Crippen molar-refractivity contribution < 1.29 is 14.0 Å². The van der Waals surface area contributed by atoms with Crippen molar-refractivity contribution in [2.45, 2.75) is 26.3 Å². The number of aromatic amines is 1. The molecule has 8 heteroatoms. The molecule has 0 saturated heterocycles. The number of anilines is 1. The molecule has 0 saturated carbocycles. The third kappa shape index (κ3) is 7.11. The Morgan fingerprint density at radius 1 is 0.973 bits per heavy atom. The van der Waals surface area contributed by atoms with E-state index in [-0.39, 0.29) is 24.3 Å². The van der Waals surface area contributed by atoms with Crippen molar-refractivity contribution in [2.75, 3.05) is 25.0 Å². The molecule has 0 bridgehead atoms. The molecule has 0 unspecified atom stereocenters. The van der Waals surface area contributed by atoms with Gasteiger partial charge in [-0.25, -0.2) is 9.18 Å². The second kappa shape index (κ2) is 12.4. The molecule has 0 radical (unpaired) electrons. The van der Waals surface area contributed by atoms with Crippen LogP contribution in [-0.2, 0) is 17.8 Å². The van der Waals surface area contributed by atoms with Crippen LogP contribution in [0.25, 0.3) is 10.9 Å². The second-order valence-corrected chi connectivity index (χ2v) is 9.35. The van der Waals surface area contributed by atoms with Crippen LogP contribution in [0.3, 0.4) is 0 Å². The van der Waals surface area contributed by atoms with Gasteiger partial charge in [-0.15, -0.1) is 0 Å². The Hall–Kier alpha value is -3.84. The molecule has 0 aliphatic heterocycles. The fourth-order valence-electron chi connectivity index (χ4n) is 4.25. The first kappa shape index (κ1) is 26.2. The van der Waals surface area contributed by atoms with Crippen molar-refractivity contribution >= 4 is 40.1 Å². The number of hydrogen-bond acceptors (Lipinski definition) is 2. The van der Waals surface area contributed by atoms with Crippen molar-refractivity contribution in [2.24, 2.45) is 0 Å². The lowest BCUT2D eigenvalue weighted by Gasteiger charge is -2.28. The van der Waals surface area contributed by atoms with E-state index in [1.54, 1.807) is 41.3 Å². The largest absolute Gasteiger partial charge is 0.361 e. The zero-order chi connectivity index (χ0) is 26.2. The monoisotopic (exact) mass is 520 g/mol. The summed E-state index contributed by atoms with van der Waals surface area (Å²) in [4.78, 5) is 33.1. The SMILES string of the molecule is CCCN(CC(=O)N(CCc1c[nH]c2ccccc12)Cc1ccc(F)cc1)C(=O)Nc1cccc(Cl)c1. The summed E-state index contributed by atoms with van der Waals surface area (Å²) in [7, 11) is 0. The number of nitrogens with one attached hydrogen (secondary N) is 2. The maximum absolute atomic E-state index is 13.5. The predicted molar refractivity (Wildman–Crippen MR) is 146 cm³/mol. The number of aromatic nitrogens is 1. The first-order valence-corrected chi connectivity index (χ1v) is 12.7. The van der Waals surface area contributed by atoms with Crippen LogP contribution in [0.2, 0.25) is 5.02 Å². The van der Waals surface area contributed by atoms with Gasteiger partial charge in [0.25, 0.3) is 0 Å². The molecule has 3 amide bonds. The Morgan fingerprint density at radius 3 is 2.51 bits per heavy atom. The van der Waals surface area contributed by atoms with Gasteiger partial charge >= 0.3 is 6.03 Å². The molecule has 1 heterocycles. The number of para-hydroxylation sites is 1. The molecular formula is C29H30ClFN4O2. The van der Waals surface area contributed by atoms with Gasteiger partial charge in [0.1, 0.15) is 12.4 Å². The topological polar surface area (TPSA) is 68.4 Å². The van der Waals surface area contributed by atoms with Crippen molar-refractivity contribution in [3.63, 3.8) is 0 Å². The van der Waals surface area contributed by atoms with E-state index in [9.17, 15) is 14.0 Å². The molecule has 0 atom stereocenters. The first-order valence-electron chi connectivity index (χ1n) is 12.3. The van der Waals surface area contributed by atoms with Crippen LogP contribution in [0, 0.1) is 5.82 Å². The van der Waals surface area contributed by atoms with Gasteiger partial charge in [0.2, 0.25) is 5.91 Å². The fraction of sp³-hybridized carbons (Fsp3) is 0.241. The van der Waals surface area contributed by atoms with E-state index in [1.807, 2.05) is 31.3 Å². The molecule has 4 rings (SSSR count). The van der Waals surface area contributed by atoms with Gasteiger partial charge in [0.05, 0.1) is 0 Å². The summed E-state index contributed by atoms with van der Waals surface area (Å²) in [6.07, 6.45) is 3.30. The number of amides is 3. The third-order valence-electron chi connectivity index (χ3n) is 6.15. The average Bonchev–Trinajstić information content (AvgIpc) is 3.30. The minimum absolute atomic E-state index is 0.0741. The van der Waals surface area contributed by atoms with Gasteiger partial charge in [-0.1, -0.05) is 54.9 Å². The Labute approximate surface area is 221 Å². The summed E-state index contributed by atoms with van der Waals surface area (Å²) in [5, 5.41) is 4.46. The van der Waals surface area contributed by atoms with Crippen LogP contribution < -0.4 is 5.32 Å². The second-order valence-electron chi connectivity index (χ2n) is 8.91. The number of H-pyrrole nitrogens is 1. The van der Waals surface area contributed by atoms with E-state index in [2.05, 4.69) is 16.4 Å². The molecule has 3 aromatic carbocycles. The standard InChI is InChI=1S/C29H30ClFN4O2/c1-2-15-35(29(37)33-25-7-5-6-23(30)17-25)20-28(36)34(19-21-10-12-24(31)13-11-21)16-14-22-18-32-27-9-4-3-8-26(22)27/h3-13,17-18,32H,2,14-16,19-20H2,1H3,(H,33,37). The third-order valence-corrected chi connectivity index (χ3v) is 6.38. The maximum atomic E-state index is 13.5. The summed E-state index contributed by atoms with van der Waals surface area (Å²) >= 11 is 6.04. The van der Waals surface area contributed by atoms with E-state index >= 15 is 0 Å². The molecule has 0 aliphatic rings. The van der Waals surface area contributed by atoms with E-state index < -0.39 is 0 Å². The summed E-state index contributed by atoms with van der Waals surface area (Å²) in [5.41, 5.74) is 3.53. The van der Waals surface area contributed by atoms with E-state index in [4.69, 9.17) is 11.6 Å². The lowest BCUT2D eigenvalue weighted by molar-refractivity contribution is -0.132. The minimum Gasteiger partial charge on any atom is -0.361 e. The van der Waals surface area contributed by atoms with Gasteiger partial charge < -0.3 is 20.1 Å². The summed E-state index contributed by atoms with van der Waals surface area (Å²) in [6.45, 7) is 3.07. The van der Waals surface area contributed by atoms with Gasteiger partial charge in [-0.3, -0.25) is 4.79 Å². The smallest absolute Gasteiger partial charge is 0.322 e. The Morgan fingerprint density at radius 2 is 1.76 bits per heavy atom. The molecule has 6 nitrogen and oxygen atoms in total. The number of urea groups is 1. The van der Waals surface area contributed by atoms with Crippen LogP contribution >= 0.6 is 11.6 Å². The summed E-state index contributed by atoms with van der Waals surface area (Å²) in [6, 6.07) is 20.7. The number of carbonyl (C=O) groups excluding carboxylic acids is 2. The van der Waals surface area contributed by atoms with Crippen molar-refractivity contribution in [3.8, 4) is 0 Å². The highest BCUT2D eigenvalue weighted by Crippen LogP contribution is 2.19. The van der Waals surface area contributed by atoms with Gasteiger partial charge in [0.15, 0.2) is 0 Å². The van der Waals surface area contributed by atoms with E-state index in [0.29, 0.717) is 43.2 Å². The van der Waals surface area contributed by atoms with E-state index in [1.165, 1.54) is 17.0 Å². The van der Waals surface area contributed by atoms with Gasteiger partial charge in [-0.05, 0) is 60.4 Å². The summed E-state index contributed by atoms with van der Waals surface area (Å²) < 4.78 is 13.5. The highest BCUT2D eigenvalue weighted by Gasteiger charge is 2.22. The normalized spacial score (nSPS) is 10.9. The highest BCUT2D eigenvalue weighted by molar-refractivity contribution is 6.30. The van der Waals surface area contributed by atoms with Crippen molar-refractivity contribution in [3.05, 3.63) is 101 Å². The molecule has 37 heavy (non-hydrogen) atoms. The molecular weight excluding hydrogens is 491 g/mol. The molecule has 0 spiro atoms. The molecule has 4 aromatic rings. The molecule has 192 valence electrons. The van der Waals surface area contributed by atoms with Crippen LogP contribution in [0.4, 0.5) is 14.9 Å². The van der Waals surface area contributed by atoms with Gasteiger partial charge in [-0.2, -0.15) is 0 Å². The highest BCUT2D eigenvalue weighted by atomic mass is 35.5. The molecule has 2 N–H and O–H groups in total. The Kier molecular flexibility index (Phi) is 8.80. The van der Waals surface area contributed by atoms with Crippen LogP contribution in [0.5, 0.6) is 0 Å². The van der Waals surface area contributed by atoms with Crippen molar-refractivity contribution in [1.82, 2.24) is 14.8 Å². The maximum Gasteiger partial charge on any atom is 0.322 e. The number of carbonyl (C=O) groups is 2.